The van der Waals surface area contributed by atoms with Crippen LogP contribution in [0.1, 0.15) is 25.3 Å². The van der Waals surface area contributed by atoms with Gasteiger partial charge in [0.1, 0.15) is 0 Å². The number of rotatable bonds is 6. The van der Waals surface area contributed by atoms with Gasteiger partial charge in [-0.2, -0.15) is 0 Å². The fourth-order valence-corrected chi connectivity index (χ4v) is 1.29. The maximum absolute atomic E-state index is 11.5. The molecule has 0 atom stereocenters. The topological polar surface area (TPSA) is 34.1 Å². The first kappa shape index (κ1) is 13.1. The monoisotopic (exact) mass is 228 g/mol. The van der Waals surface area contributed by atoms with Crippen LogP contribution in [0, 0.1) is 0 Å². The Kier molecular flexibility index (Phi) is 5.08. The van der Waals surface area contributed by atoms with E-state index < -0.39 is 0 Å². The van der Waals surface area contributed by atoms with Gasteiger partial charge in [0.15, 0.2) is 11.6 Å². The van der Waals surface area contributed by atoms with Gasteiger partial charge in [0.2, 0.25) is 0 Å². The SMILES string of the molecule is C=C(C)C(=O)CCC(=O)/C=C/c1ccccc1. The van der Waals surface area contributed by atoms with Crippen LogP contribution in [0.2, 0.25) is 0 Å². The van der Waals surface area contributed by atoms with Gasteiger partial charge in [0, 0.05) is 12.8 Å². The molecule has 0 spiro atoms. The summed E-state index contributed by atoms with van der Waals surface area (Å²) in [5.41, 5.74) is 1.48. The van der Waals surface area contributed by atoms with Gasteiger partial charge in [-0.1, -0.05) is 43.0 Å². The molecule has 0 aromatic heterocycles. The molecule has 1 aromatic rings. The van der Waals surface area contributed by atoms with E-state index in [-0.39, 0.29) is 24.4 Å². The first-order valence-corrected chi connectivity index (χ1v) is 5.54. The maximum Gasteiger partial charge on any atom is 0.158 e. The van der Waals surface area contributed by atoms with E-state index in [1.165, 1.54) is 6.08 Å². The first-order chi connectivity index (χ1) is 8.09. The summed E-state index contributed by atoms with van der Waals surface area (Å²) >= 11 is 0. The Labute approximate surface area is 102 Å². The Morgan fingerprint density at radius 2 is 1.82 bits per heavy atom. The van der Waals surface area contributed by atoms with Crippen LogP contribution in [0.3, 0.4) is 0 Å². The highest BCUT2D eigenvalue weighted by atomic mass is 16.1. The van der Waals surface area contributed by atoms with Crippen LogP contribution in [-0.4, -0.2) is 11.6 Å². The zero-order valence-corrected chi connectivity index (χ0v) is 9.98. The summed E-state index contributed by atoms with van der Waals surface area (Å²) in [7, 11) is 0. The van der Waals surface area contributed by atoms with E-state index in [2.05, 4.69) is 6.58 Å². The largest absolute Gasteiger partial charge is 0.295 e. The van der Waals surface area contributed by atoms with Crippen molar-refractivity contribution < 1.29 is 9.59 Å². The minimum atomic E-state index is -0.0496. The summed E-state index contributed by atoms with van der Waals surface area (Å²) in [6.07, 6.45) is 3.76. The molecule has 1 aromatic carbocycles. The average molecular weight is 228 g/mol. The molecule has 17 heavy (non-hydrogen) atoms. The van der Waals surface area contributed by atoms with Crippen LogP contribution in [0.25, 0.3) is 6.08 Å². The fraction of sp³-hybridized carbons (Fsp3) is 0.200. The van der Waals surface area contributed by atoms with Crippen LogP contribution >= 0.6 is 0 Å². The molecular formula is C15H16O2. The number of allylic oxidation sites excluding steroid dienone is 2. The van der Waals surface area contributed by atoms with Crippen molar-refractivity contribution >= 4 is 17.6 Å². The molecule has 0 bridgehead atoms. The summed E-state index contributed by atoms with van der Waals surface area (Å²) in [5.74, 6) is -0.0880. The second kappa shape index (κ2) is 6.59. The van der Waals surface area contributed by atoms with Gasteiger partial charge in [0.25, 0.3) is 0 Å². The Morgan fingerprint density at radius 1 is 1.18 bits per heavy atom. The summed E-state index contributed by atoms with van der Waals surface area (Å²) in [4.78, 5) is 22.7. The lowest BCUT2D eigenvalue weighted by Gasteiger charge is -1.96. The van der Waals surface area contributed by atoms with Crippen LogP contribution in [0.15, 0.2) is 48.6 Å². The molecule has 2 heteroatoms. The normalized spacial score (nSPS) is 10.4. The number of Topliss-reactive ketones (excluding diaryl/α,β-unsaturated/α-hetero) is 1. The molecule has 0 saturated carbocycles. The minimum Gasteiger partial charge on any atom is -0.295 e. The van der Waals surface area contributed by atoms with E-state index in [1.807, 2.05) is 30.3 Å². The standard InChI is InChI=1S/C15H16O2/c1-12(2)15(17)11-10-14(16)9-8-13-6-4-3-5-7-13/h3-9H,1,10-11H2,2H3/b9-8+. The lowest BCUT2D eigenvalue weighted by atomic mass is 10.1. The quantitative estimate of drug-likeness (QED) is 0.701. The molecule has 0 heterocycles. The van der Waals surface area contributed by atoms with E-state index >= 15 is 0 Å². The number of benzene rings is 1. The lowest BCUT2D eigenvalue weighted by Crippen LogP contribution is -2.02. The Balaban J connectivity index is 2.43. The van der Waals surface area contributed by atoms with Gasteiger partial charge in [-0.25, -0.2) is 0 Å². The highest BCUT2D eigenvalue weighted by molar-refractivity contribution is 5.99. The van der Waals surface area contributed by atoms with Crippen molar-refractivity contribution in [2.24, 2.45) is 0 Å². The van der Waals surface area contributed by atoms with Crippen molar-refractivity contribution in [1.82, 2.24) is 0 Å². The summed E-state index contributed by atoms with van der Waals surface area (Å²) in [5, 5.41) is 0. The average Bonchev–Trinajstić information content (AvgIpc) is 2.34. The molecule has 0 aliphatic heterocycles. The Hall–Kier alpha value is -1.96. The zero-order chi connectivity index (χ0) is 12.7. The summed E-state index contributed by atoms with van der Waals surface area (Å²) in [6, 6.07) is 9.58. The second-order valence-electron chi connectivity index (χ2n) is 3.91. The molecule has 0 saturated heterocycles. The van der Waals surface area contributed by atoms with E-state index in [0.29, 0.717) is 5.57 Å². The molecule has 88 valence electrons. The summed E-state index contributed by atoms with van der Waals surface area (Å²) < 4.78 is 0. The fourth-order valence-electron chi connectivity index (χ4n) is 1.29. The van der Waals surface area contributed by atoms with Crippen molar-refractivity contribution in [1.29, 1.82) is 0 Å². The number of carbonyl (C=O) groups is 2. The van der Waals surface area contributed by atoms with Gasteiger partial charge in [-0.3, -0.25) is 9.59 Å². The number of hydrogen-bond acceptors (Lipinski definition) is 2. The highest BCUT2D eigenvalue weighted by Gasteiger charge is 2.04. The lowest BCUT2D eigenvalue weighted by molar-refractivity contribution is -0.120. The van der Waals surface area contributed by atoms with Gasteiger partial charge < -0.3 is 0 Å². The smallest absolute Gasteiger partial charge is 0.158 e. The number of ketones is 2. The highest BCUT2D eigenvalue weighted by Crippen LogP contribution is 2.04. The molecule has 0 N–H and O–H groups in total. The van der Waals surface area contributed by atoms with Crippen LogP contribution in [0.5, 0.6) is 0 Å². The minimum absolute atomic E-state index is 0.0385. The van der Waals surface area contributed by atoms with Crippen LogP contribution in [-0.2, 0) is 9.59 Å². The molecule has 0 radical (unpaired) electrons. The van der Waals surface area contributed by atoms with E-state index in [9.17, 15) is 9.59 Å². The van der Waals surface area contributed by atoms with Crippen molar-refractivity contribution in [2.75, 3.05) is 0 Å². The molecule has 2 nitrogen and oxygen atoms in total. The predicted molar refractivity (Wildman–Crippen MR) is 69.5 cm³/mol. The molecular weight excluding hydrogens is 212 g/mol. The van der Waals surface area contributed by atoms with Crippen molar-refractivity contribution in [2.45, 2.75) is 19.8 Å². The molecule has 0 aliphatic carbocycles. The van der Waals surface area contributed by atoms with E-state index in [0.717, 1.165) is 5.56 Å². The van der Waals surface area contributed by atoms with Gasteiger partial charge in [0.05, 0.1) is 0 Å². The maximum atomic E-state index is 11.5. The molecule has 0 unspecified atom stereocenters. The Morgan fingerprint density at radius 3 is 2.41 bits per heavy atom. The third-order valence-electron chi connectivity index (χ3n) is 2.34. The molecule has 0 aliphatic rings. The first-order valence-electron chi connectivity index (χ1n) is 5.54. The van der Waals surface area contributed by atoms with Crippen molar-refractivity contribution in [3.05, 3.63) is 54.1 Å². The van der Waals surface area contributed by atoms with Crippen LogP contribution < -0.4 is 0 Å². The molecule has 1 rings (SSSR count). The molecule has 0 amide bonds. The third kappa shape index (κ3) is 5.07. The van der Waals surface area contributed by atoms with Crippen molar-refractivity contribution in [3.8, 4) is 0 Å². The third-order valence-corrected chi connectivity index (χ3v) is 2.34. The van der Waals surface area contributed by atoms with Gasteiger partial charge in [-0.05, 0) is 24.1 Å². The van der Waals surface area contributed by atoms with Gasteiger partial charge >= 0.3 is 0 Å². The van der Waals surface area contributed by atoms with E-state index in [1.54, 1.807) is 13.0 Å². The van der Waals surface area contributed by atoms with Crippen LogP contribution in [0.4, 0.5) is 0 Å². The number of carbonyl (C=O) groups excluding carboxylic acids is 2. The summed E-state index contributed by atoms with van der Waals surface area (Å²) in [6.45, 7) is 5.21. The molecule has 0 fully saturated rings. The zero-order valence-electron chi connectivity index (χ0n) is 9.98. The Bertz CT molecular complexity index is 441. The predicted octanol–water partition coefficient (Wildman–Crippen LogP) is 3.19. The van der Waals surface area contributed by atoms with E-state index in [4.69, 9.17) is 0 Å². The van der Waals surface area contributed by atoms with Crippen molar-refractivity contribution in [3.63, 3.8) is 0 Å². The number of hydrogen-bond donors (Lipinski definition) is 0. The second-order valence-corrected chi connectivity index (χ2v) is 3.91. The van der Waals surface area contributed by atoms with Gasteiger partial charge in [-0.15, -0.1) is 0 Å².